The molecule has 152 valence electrons. The second kappa shape index (κ2) is 9.00. The molecule has 0 heterocycles. The molecule has 0 unspecified atom stereocenters. The maximum atomic E-state index is 13.6. The summed E-state index contributed by atoms with van der Waals surface area (Å²) < 4.78 is 0. The number of carbonyl (C=O) groups excluding carboxylic acids is 2. The van der Waals surface area contributed by atoms with Crippen LogP contribution in [0.25, 0.3) is 0 Å². The summed E-state index contributed by atoms with van der Waals surface area (Å²) >= 11 is 0. The summed E-state index contributed by atoms with van der Waals surface area (Å²) in [5, 5.41) is 11.5. The van der Waals surface area contributed by atoms with Gasteiger partial charge in [-0.2, -0.15) is 0 Å². The lowest BCUT2D eigenvalue weighted by Crippen LogP contribution is -2.43. The maximum absolute atomic E-state index is 13.6. The highest BCUT2D eigenvalue weighted by Crippen LogP contribution is 2.34. The van der Waals surface area contributed by atoms with Crippen LogP contribution in [0.1, 0.15) is 40.5 Å². The molecule has 2 atom stereocenters. The van der Waals surface area contributed by atoms with Gasteiger partial charge in [-0.15, -0.1) is 0 Å². The first-order valence-corrected chi connectivity index (χ1v) is 9.37. The van der Waals surface area contributed by atoms with Crippen LogP contribution in [0, 0.1) is 10.1 Å². The molecule has 0 saturated heterocycles. The van der Waals surface area contributed by atoms with Gasteiger partial charge in [-0.25, -0.2) is 0 Å². The minimum Gasteiger partial charge on any atom is -0.368 e. The first-order valence-electron chi connectivity index (χ1n) is 9.37. The Hall–Kier alpha value is -4.00. The van der Waals surface area contributed by atoms with Gasteiger partial charge in [0.25, 0.3) is 11.6 Å². The zero-order valence-corrected chi connectivity index (χ0v) is 16.3. The molecule has 0 saturated carbocycles. The standard InChI is InChI=1S/C23H21N3O4/c1-16(17-10-4-2-5-11-17)25(21(22(24)27)18-12-6-3-7-13-18)23(28)19-14-8-9-15-20(19)26(29)30/h2-16,21H,1H3,(H2,24,27)/t16-,21+/m1/s1. The fraction of sp³-hybridized carbons (Fsp3) is 0.130. The first-order chi connectivity index (χ1) is 14.4. The minimum atomic E-state index is -1.10. The Bertz CT molecular complexity index is 1050. The second-order valence-corrected chi connectivity index (χ2v) is 6.79. The highest BCUT2D eigenvalue weighted by atomic mass is 16.6. The molecule has 7 heteroatoms. The average molecular weight is 403 g/mol. The zero-order chi connectivity index (χ0) is 21.7. The van der Waals surface area contributed by atoms with E-state index >= 15 is 0 Å². The van der Waals surface area contributed by atoms with Crippen molar-refractivity contribution in [2.24, 2.45) is 5.73 Å². The smallest absolute Gasteiger partial charge is 0.282 e. The van der Waals surface area contributed by atoms with Crippen LogP contribution < -0.4 is 5.73 Å². The molecule has 3 rings (SSSR count). The molecule has 3 aromatic rings. The summed E-state index contributed by atoms with van der Waals surface area (Å²) in [4.78, 5) is 38.4. The van der Waals surface area contributed by atoms with Crippen LogP contribution in [0.5, 0.6) is 0 Å². The molecule has 0 aromatic heterocycles. The van der Waals surface area contributed by atoms with Crippen molar-refractivity contribution in [1.82, 2.24) is 4.90 Å². The highest BCUT2D eigenvalue weighted by Gasteiger charge is 2.36. The molecule has 3 aromatic carbocycles. The summed E-state index contributed by atoms with van der Waals surface area (Å²) in [6.45, 7) is 1.76. The number of para-hydroxylation sites is 1. The number of nitrogens with two attached hydrogens (primary N) is 1. The molecular formula is C23H21N3O4. The number of primary amides is 1. The van der Waals surface area contributed by atoms with E-state index in [-0.39, 0.29) is 11.3 Å². The SMILES string of the molecule is C[C@H](c1ccccc1)N(C(=O)c1ccccc1[N+](=O)[O-])[C@H](C(N)=O)c1ccccc1. The van der Waals surface area contributed by atoms with Gasteiger partial charge in [-0.1, -0.05) is 72.8 Å². The Balaban J connectivity index is 2.18. The summed E-state index contributed by atoms with van der Waals surface area (Å²) in [5.74, 6) is -1.37. The van der Waals surface area contributed by atoms with Crippen LogP contribution in [0.3, 0.4) is 0 Å². The molecule has 0 fully saturated rings. The Labute approximate surface area is 173 Å². The minimum absolute atomic E-state index is 0.104. The quantitative estimate of drug-likeness (QED) is 0.475. The maximum Gasteiger partial charge on any atom is 0.282 e. The van der Waals surface area contributed by atoms with Gasteiger partial charge < -0.3 is 10.6 Å². The van der Waals surface area contributed by atoms with E-state index in [0.717, 1.165) is 5.56 Å². The van der Waals surface area contributed by atoms with Crippen molar-refractivity contribution in [3.8, 4) is 0 Å². The van der Waals surface area contributed by atoms with Gasteiger partial charge >= 0.3 is 0 Å². The largest absolute Gasteiger partial charge is 0.368 e. The van der Waals surface area contributed by atoms with Crippen LogP contribution in [0.15, 0.2) is 84.9 Å². The van der Waals surface area contributed by atoms with Gasteiger partial charge in [0.15, 0.2) is 0 Å². The van der Waals surface area contributed by atoms with Crippen LogP contribution in [-0.4, -0.2) is 21.6 Å². The number of hydrogen-bond acceptors (Lipinski definition) is 4. The van der Waals surface area contributed by atoms with E-state index in [9.17, 15) is 19.7 Å². The van der Waals surface area contributed by atoms with E-state index < -0.39 is 28.8 Å². The van der Waals surface area contributed by atoms with Crippen LogP contribution in [-0.2, 0) is 4.79 Å². The van der Waals surface area contributed by atoms with Crippen LogP contribution >= 0.6 is 0 Å². The van der Waals surface area contributed by atoms with Crippen molar-refractivity contribution in [3.63, 3.8) is 0 Å². The van der Waals surface area contributed by atoms with E-state index in [2.05, 4.69) is 0 Å². The van der Waals surface area contributed by atoms with Gasteiger partial charge in [0.2, 0.25) is 5.91 Å². The molecule has 2 amide bonds. The lowest BCUT2D eigenvalue weighted by Gasteiger charge is -2.35. The lowest BCUT2D eigenvalue weighted by molar-refractivity contribution is -0.385. The lowest BCUT2D eigenvalue weighted by atomic mass is 9.97. The number of benzene rings is 3. The molecule has 0 radical (unpaired) electrons. The van der Waals surface area contributed by atoms with Crippen molar-refractivity contribution in [2.75, 3.05) is 0 Å². The van der Waals surface area contributed by atoms with Crippen LogP contribution in [0.2, 0.25) is 0 Å². The summed E-state index contributed by atoms with van der Waals surface area (Å²) in [5.41, 5.74) is 6.60. The summed E-state index contributed by atoms with van der Waals surface area (Å²) in [6.07, 6.45) is 0. The van der Waals surface area contributed by atoms with E-state index in [0.29, 0.717) is 5.56 Å². The van der Waals surface area contributed by atoms with Crippen molar-refractivity contribution < 1.29 is 14.5 Å². The highest BCUT2D eigenvalue weighted by molar-refractivity contribution is 6.01. The first kappa shape index (κ1) is 20.7. The molecule has 0 aliphatic rings. The summed E-state index contributed by atoms with van der Waals surface area (Å²) in [6, 6.07) is 21.8. The van der Waals surface area contributed by atoms with Gasteiger partial charge in [0.05, 0.1) is 11.0 Å². The Morgan fingerprint density at radius 3 is 1.90 bits per heavy atom. The molecule has 2 N–H and O–H groups in total. The second-order valence-electron chi connectivity index (χ2n) is 6.79. The molecule has 0 bridgehead atoms. The average Bonchev–Trinajstić information content (AvgIpc) is 2.77. The van der Waals surface area contributed by atoms with E-state index in [1.165, 1.54) is 23.1 Å². The van der Waals surface area contributed by atoms with Gasteiger partial charge in [0.1, 0.15) is 11.6 Å². The van der Waals surface area contributed by atoms with Gasteiger partial charge in [-0.05, 0) is 24.1 Å². The molecule has 0 aliphatic carbocycles. The molecule has 0 spiro atoms. The van der Waals surface area contributed by atoms with Crippen molar-refractivity contribution in [1.29, 1.82) is 0 Å². The van der Waals surface area contributed by atoms with Crippen molar-refractivity contribution in [2.45, 2.75) is 19.0 Å². The number of nitro groups is 1. The number of carbonyl (C=O) groups is 2. The predicted molar refractivity (Wildman–Crippen MR) is 113 cm³/mol. The number of nitro benzene ring substituents is 1. The number of hydrogen-bond donors (Lipinski definition) is 1. The molecule has 7 nitrogen and oxygen atoms in total. The Morgan fingerprint density at radius 1 is 0.867 bits per heavy atom. The molecule has 0 aliphatic heterocycles. The predicted octanol–water partition coefficient (Wildman–Crippen LogP) is 4.02. The van der Waals surface area contributed by atoms with E-state index in [1.807, 2.05) is 30.3 Å². The summed E-state index contributed by atoms with van der Waals surface area (Å²) in [7, 11) is 0. The van der Waals surface area contributed by atoms with E-state index in [4.69, 9.17) is 5.73 Å². The van der Waals surface area contributed by atoms with E-state index in [1.54, 1.807) is 43.3 Å². The fourth-order valence-electron chi connectivity index (χ4n) is 3.46. The monoisotopic (exact) mass is 403 g/mol. The van der Waals surface area contributed by atoms with Crippen LogP contribution in [0.4, 0.5) is 5.69 Å². The number of rotatable bonds is 7. The molecule has 30 heavy (non-hydrogen) atoms. The van der Waals surface area contributed by atoms with Crippen molar-refractivity contribution in [3.05, 3.63) is 112 Å². The van der Waals surface area contributed by atoms with Gasteiger partial charge in [0, 0.05) is 6.07 Å². The zero-order valence-electron chi connectivity index (χ0n) is 16.3. The third kappa shape index (κ3) is 4.20. The number of nitrogens with zero attached hydrogens (tertiary/aromatic N) is 2. The fourth-order valence-corrected chi connectivity index (χ4v) is 3.46. The normalized spacial score (nSPS) is 12.6. The topological polar surface area (TPSA) is 107 Å². The molecular weight excluding hydrogens is 382 g/mol. The van der Waals surface area contributed by atoms with Crippen molar-refractivity contribution >= 4 is 17.5 Å². The Kier molecular flexibility index (Phi) is 6.22. The van der Waals surface area contributed by atoms with Gasteiger partial charge in [-0.3, -0.25) is 19.7 Å². The third-order valence-electron chi connectivity index (χ3n) is 4.93. The Morgan fingerprint density at radius 2 is 1.37 bits per heavy atom. The number of amides is 2. The third-order valence-corrected chi connectivity index (χ3v) is 4.93.